The van der Waals surface area contributed by atoms with E-state index in [0.717, 1.165) is 23.1 Å². The third-order valence-corrected chi connectivity index (χ3v) is 11.3. The topological polar surface area (TPSA) is 95.0 Å². The molecule has 2 saturated heterocycles. The van der Waals surface area contributed by atoms with Crippen LogP contribution >= 0.6 is 34.8 Å². The summed E-state index contributed by atoms with van der Waals surface area (Å²) in [5.41, 5.74) is -1.81. The molecule has 2 aliphatic heterocycles. The van der Waals surface area contributed by atoms with Gasteiger partial charge in [-0.25, -0.2) is 31.2 Å². The second-order valence-electron chi connectivity index (χ2n) is 11.9. The number of hydrogen-bond donors (Lipinski definition) is 1. The summed E-state index contributed by atoms with van der Waals surface area (Å²) >= 11 is 20.0. The molecule has 0 aromatic heterocycles. The molecule has 7 nitrogen and oxygen atoms in total. The average Bonchev–Trinajstić information content (AvgIpc) is 3.39. The SMILES string of the molecule is O=C1C2CC=C3C(CC4(Cl)C(=O)N(c5c(F)c(F)c(F)c(F)c5F)C(=O)C4(Cl)C3c3ccc(O)c(F)c3)C2C(=O)N1c1ccc(Cl)cc1. The molecule has 2 aliphatic carbocycles. The number of phenols is 1. The Bertz CT molecular complexity index is 2020. The summed E-state index contributed by atoms with van der Waals surface area (Å²) in [6.07, 6.45) is 0.650. The van der Waals surface area contributed by atoms with Crippen LogP contribution in [-0.2, 0) is 19.2 Å². The number of nitrogens with zero attached hydrogens (tertiary/aromatic N) is 2. The molecular weight excluding hydrogens is 713 g/mol. The fourth-order valence-electron chi connectivity index (χ4n) is 7.49. The zero-order valence-electron chi connectivity index (χ0n) is 23.7. The normalized spacial score (nSPS) is 29.6. The molecule has 1 N–H and O–H groups in total. The van der Waals surface area contributed by atoms with Gasteiger partial charge in [0.15, 0.2) is 44.6 Å². The van der Waals surface area contributed by atoms with Crippen LogP contribution in [0.2, 0.25) is 5.02 Å². The lowest BCUT2D eigenvalue weighted by Gasteiger charge is -2.50. The van der Waals surface area contributed by atoms with E-state index in [-0.39, 0.29) is 28.1 Å². The Morgan fingerprint density at radius 2 is 1.35 bits per heavy atom. The number of benzene rings is 3. The molecule has 48 heavy (non-hydrogen) atoms. The van der Waals surface area contributed by atoms with E-state index in [9.17, 15) is 41.8 Å². The highest BCUT2D eigenvalue weighted by atomic mass is 35.5. The number of carbonyl (C=O) groups is 4. The van der Waals surface area contributed by atoms with Gasteiger partial charge in [-0.2, -0.15) is 0 Å². The largest absolute Gasteiger partial charge is 0.505 e. The van der Waals surface area contributed by atoms with E-state index in [2.05, 4.69) is 0 Å². The van der Waals surface area contributed by atoms with E-state index < -0.39 is 110 Å². The third-order valence-electron chi connectivity index (χ3n) is 9.61. The molecule has 16 heteroatoms. The smallest absolute Gasteiger partial charge is 0.258 e. The highest BCUT2D eigenvalue weighted by Gasteiger charge is 2.77. The van der Waals surface area contributed by atoms with Crippen molar-refractivity contribution in [3.05, 3.63) is 99.6 Å². The lowest BCUT2D eigenvalue weighted by Crippen LogP contribution is -2.60. The summed E-state index contributed by atoms with van der Waals surface area (Å²) in [4.78, 5) is 51.0. The maximum atomic E-state index is 15.1. The van der Waals surface area contributed by atoms with E-state index in [1.54, 1.807) is 0 Å². The Morgan fingerprint density at radius 1 is 0.750 bits per heavy atom. The van der Waals surface area contributed by atoms with Gasteiger partial charge in [0.05, 0.1) is 17.5 Å². The number of allylic oxidation sites excluding steroid dienone is 2. The molecule has 2 heterocycles. The van der Waals surface area contributed by atoms with E-state index in [4.69, 9.17) is 34.8 Å². The second kappa shape index (κ2) is 10.7. The molecule has 4 amide bonds. The quantitative estimate of drug-likeness (QED) is 0.0815. The van der Waals surface area contributed by atoms with Gasteiger partial charge in [-0.3, -0.25) is 24.1 Å². The Balaban J connectivity index is 1.43. The van der Waals surface area contributed by atoms with E-state index in [0.29, 0.717) is 5.02 Å². The van der Waals surface area contributed by atoms with Gasteiger partial charge in [0.1, 0.15) is 5.69 Å². The van der Waals surface area contributed by atoms with Crippen LogP contribution in [0.3, 0.4) is 0 Å². The number of hydrogen-bond acceptors (Lipinski definition) is 5. The van der Waals surface area contributed by atoms with Crippen molar-refractivity contribution in [3.63, 3.8) is 0 Å². The minimum atomic E-state index is -2.81. The zero-order valence-corrected chi connectivity index (χ0v) is 26.0. The van der Waals surface area contributed by atoms with E-state index >= 15 is 8.78 Å². The van der Waals surface area contributed by atoms with Crippen molar-refractivity contribution in [2.45, 2.75) is 28.5 Å². The van der Waals surface area contributed by atoms with Gasteiger partial charge in [-0.15, -0.1) is 23.2 Å². The van der Waals surface area contributed by atoms with Crippen LogP contribution in [0.1, 0.15) is 24.3 Å². The van der Waals surface area contributed by atoms with Crippen LogP contribution in [0.4, 0.5) is 37.7 Å². The number of phenolic OH excluding ortho intramolecular Hbond substituents is 1. The van der Waals surface area contributed by atoms with Crippen molar-refractivity contribution in [1.82, 2.24) is 0 Å². The van der Waals surface area contributed by atoms with Gasteiger partial charge in [0, 0.05) is 10.9 Å². The molecule has 248 valence electrons. The first-order chi connectivity index (χ1) is 22.6. The molecule has 7 rings (SSSR count). The molecule has 0 spiro atoms. The molecule has 3 aromatic rings. The van der Waals surface area contributed by atoms with Gasteiger partial charge in [0.25, 0.3) is 11.8 Å². The highest BCUT2D eigenvalue weighted by Crippen LogP contribution is 2.66. The molecule has 0 radical (unpaired) electrons. The summed E-state index contributed by atoms with van der Waals surface area (Å²) in [7, 11) is 0. The van der Waals surface area contributed by atoms with Crippen LogP contribution in [0.25, 0.3) is 0 Å². The van der Waals surface area contributed by atoms with Gasteiger partial charge in [0.2, 0.25) is 17.6 Å². The maximum Gasteiger partial charge on any atom is 0.258 e. The van der Waals surface area contributed by atoms with Crippen molar-refractivity contribution < 1.29 is 50.6 Å². The first-order valence-electron chi connectivity index (χ1n) is 14.2. The Kier molecular flexibility index (Phi) is 7.25. The molecule has 1 saturated carbocycles. The van der Waals surface area contributed by atoms with Crippen molar-refractivity contribution in [3.8, 4) is 5.75 Å². The first kappa shape index (κ1) is 32.5. The van der Waals surface area contributed by atoms with Gasteiger partial charge < -0.3 is 5.11 Å². The third kappa shape index (κ3) is 4.04. The van der Waals surface area contributed by atoms with E-state index in [1.807, 2.05) is 0 Å². The monoisotopic (exact) mass is 728 g/mol. The molecular formula is C32H17Cl3F6N2O5. The molecule has 4 aliphatic rings. The minimum absolute atomic E-state index is 0.103. The Morgan fingerprint density at radius 3 is 1.96 bits per heavy atom. The molecule has 3 aromatic carbocycles. The second-order valence-corrected chi connectivity index (χ2v) is 13.6. The Labute approximate surface area is 281 Å². The maximum absolute atomic E-state index is 15.1. The number of alkyl halides is 2. The highest BCUT2D eigenvalue weighted by molar-refractivity contribution is 6.58. The molecule has 3 fully saturated rings. The summed E-state index contributed by atoms with van der Waals surface area (Å²) in [6.45, 7) is 0. The number of halogens is 9. The lowest BCUT2D eigenvalue weighted by molar-refractivity contribution is -0.125. The lowest BCUT2D eigenvalue weighted by atomic mass is 9.56. The van der Waals surface area contributed by atoms with Gasteiger partial charge in [-0.05, 0) is 60.7 Å². The Hall–Kier alpha value is -4.07. The average molecular weight is 730 g/mol. The summed E-state index contributed by atoms with van der Waals surface area (Å²) < 4.78 is 87.6. The van der Waals surface area contributed by atoms with E-state index in [1.165, 1.54) is 30.3 Å². The zero-order chi connectivity index (χ0) is 34.8. The fourth-order valence-corrected chi connectivity index (χ4v) is 8.55. The van der Waals surface area contributed by atoms with Crippen LogP contribution in [0, 0.1) is 52.7 Å². The molecule has 0 bridgehead atoms. The number of amides is 4. The van der Waals surface area contributed by atoms with Crippen molar-refractivity contribution >= 4 is 69.8 Å². The number of aromatic hydroxyl groups is 1. The number of carbonyl (C=O) groups excluding carboxylic acids is 4. The van der Waals surface area contributed by atoms with Crippen LogP contribution in [0.15, 0.2) is 54.1 Å². The number of fused-ring (bicyclic) bond motifs is 4. The van der Waals surface area contributed by atoms with Crippen molar-refractivity contribution in [2.24, 2.45) is 17.8 Å². The van der Waals surface area contributed by atoms with Crippen LogP contribution < -0.4 is 9.80 Å². The fraction of sp³-hybridized carbons (Fsp3) is 0.250. The predicted molar refractivity (Wildman–Crippen MR) is 158 cm³/mol. The summed E-state index contributed by atoms with van der Waals surface area (Å²) in [5.74, 6) is -24.4. The first-order valence-corrected chi connectivity index (χ1v) is 15.3. The summed E-state index contributed by atoms with van der Waals surface area (Å²) in [6, 6.07) is 8.54. The van der Waals surface area contributed by atoms with Crippen molar-refractivity contribution in [2.75, 3.05) is 9.80 Å². The molecule has 6 unspecified atom stereocenters. The molecule has 6 atom stereocenters. The minimum Gasteiger partial charge on any atom is -0.505 e. The summed E-state index contributed by atoms with van der Waals surface area (Å²) in [5, 5.41) is 10.2. The van der Waals surface area contributed by atoms with Crippen molar-refractivity contribution in [1.29, 1.82) is 0 Å². The van der Waals surface area contributed by atoms with Crippen LogP contribution in [0.5, 0.6) is 5.75 Å². The van der Waals surface area contributed by atoms with Gasteiger partial charge in [-0.1, -0.05) is 29.3 Å². The number of imide groups is 2. The standard InChI is InChI=1S/C32H17Cl3F6N2O5/c33-12-2-4-13(5-3-12)42-27(45)15-7-6-14-16(19(15)28(42)46)10-31(34)29(47)43(26-24(40)22(38)21(37)23(39)25(26)41)30(48)32(31,35)20(14)11-1-8-18(44)17(36)9-11/h1-6,8-9,15-16,19-20,44H,7,10H2. The predicted octanol–water partition coefficient (Wildman–Crippen LogP) is 6.65. The van der Waals surface area contributed by atoms with Gasteiger partial charge >= 0.3 is 0 Å². The number of anilines is 2. The number of rotatable bonds is 3. The van der Waals surface area contributed by atoms with Crippen LogP contribution in [-0.4, -0.2) is 38.5 Å².